The number of rotatable bonds is 8. The van der Waals surface area contributed by atoms with Gasteiger partial charge in [-0.25, -0.2) is 4.98 Å². The van der Waals surface area contributed by atoms with Crippen LogP contribution in [0, 0.1) is 0 Å². The Bertz CT molecular complexity index is 1130. The van der Waals surface area contributed by atoms with Gasteiger partial charge < -0.3 is 25.4 Å². The highest BCUT2D eigenvalue weighted by molar-refractivity contribution is 5.95. The van der Waals surface area contributed by atoms with Crippen LogP contribution in [0.25, 0.3) is 0 Å². The highest BCUT2D eigenvalue weighted by Crippen LogP contribution is 2.29. The molecule has 3 aromatic rings. The van der Waals surface area contributed by atoms with Crippen LogP contribution in [-0.4, -0.2) is 40.9 Å². The van der Waals surface area contributed by atoms with Crippen molar-refractivity contribution < 1.29 is 19.1 Å². The van der Waals surface area contributed by atoms with Crippen molar-refractivity contribution in [3.8, 4) is 23.1 Å². The third-order valence-corrected chi connectivity index (χ3v) is 4.72. The van der Waals surface area contributed by atoms with E-state index < -0.39 is 5.91 Å². The molecule has 162 valence electrons. The monoisotopic (exact) mass is 431 g/mol. The van der Waals surface area contributed by atoms with Crippen molar-refractivity contribution in [3.63, 3.8) is 0 Å². The maximum atomic E-state index is 11.8. The number of nitrogens with zero attached hydrogens (tertiary/aromatic N) is 3. The van der Waals surface area contributed by atoms with Gasteiger partial charge in [0.2, 0.25) is 17.7 Å². The summed E-state index contributed by atoms with van der Waals surface area (Å²) < 4.78 is 11.6. The van der Waals surface area contributed by atoms with Crippen molar-refractivity contribution in [1.82, 2.24) is 15.3 Å². The zero-order valence-corrected chi connectivity index (χ0v) is 17.1. The fraction of sp³-hybridized carbons (Fsp3) is 0.130. The minimum absolute atomic E-state index is 0.0264. The number of ether oxygens (including phenoxy) is 2. The lowest BCUT2D eigenvalue weighted by Crippen LogP contribution is -2.59. The van der Waals surface area contributed by atoms with Crippen molar-refractivity contribution in [2.75, 3.05) is 18.0 Å². The lowest BCUT2D eigenvalue weighted by Gasteiger charge is -2.39. The molecule has 3 N–H and O–H groups in total. The van der Waals surface area contributed by atoms with Crippen LogP contribution in [0.3, 0.4) is 0 Å². The molecular formula is C23H21N5O4. The van der Waals surface area contributed by atoms with E-state index in [1.807, 2.05) is 35.2 Å². The van der Waals surface area contributed by atoms with Crippen LogP contribution >= 0.6 is 0 Å². The van der Waals surface area contributed by atoms with E-state index in [0.29, 0.717) is 30.5 Å². The van der Waals surface area contributed by atoms with Gasteiger partial charge in [0.05, 0.1) is 6.04 Å². The maximum absolute atomic E-state index is 11.8. The largest absolute Gasteiger partial charge is 0.457 e. The summed E-state index contributed by atoms with van der Waals surface area (Å²) in [5, 5.41) is 2.80. The van der Waals surface area contributed by atoms with Gasteiger partial charge in [-0.3, -0.25) is 9.59 Å². The molecule has 0 unspecified atom stereocenters. The number of nitrogens with one attached hydrogen (secondary N) is 1. The van der Waals surface area contributed by atoms with E-state index in [0.717, 1.165) is 5.75 Å². The molecule has 1 saturated heterocycles. The molecule has 1 aliphatic heterocycles. The molecule has 0 radical (unpaired) electrons. The fourth-order valence-electron chi connectivity index (χ4n) is 3.06. The molecule has 0 aliphatic carbocycles. The van der Waals surface area contributed by atoms with Crippen molar-refractivity contribution in [1.29, 1.82) is 0 Å². The summed E-state index contributed by atoms with van der Waals surface area (Å²) >= 11 is 0. The van der Waals surface area contributed by atoms with E-state index in [-0.39, 0.29) is 23.4 Å². The van der Waals surface area contributed by atoms with Crippen molar-refractivity contribution in [2.24, 2.45) is 5.73 Å². The summed E-state index contributed by atoms with van der Waals surface area (Å²) in [4.78, 5) is 33.6. The van der Waals surface area contributed by atoms with Crippen LogP contribution in [0.5, 0.6) is 23.1 Å². The van der Waals surface area contributed by atoms with Crippen molar-refractivity contribution >= 4 is 17.8 Å². The Morgan fingerprint density at radius 3 is 2.28 bits per heavy atom. The Hall–Kier alpha value is -4.40. The molecule has 4 rings (SSSR count). The van der Waals surface area contributed by atoms with Gasteiger partial charge in [-0.15, -0.1) is 0 Å². The van der Waals surface area contributed by atoms with Crippen molar-refractivity contribution in [3.05, 3.63) is 79.0 Å². The first-order valence-electron chi connectivity index (χ1n) is 9.87. The number of carbonyl (C=O) groups is 2. The lowest BCUT2D eigenvalue weighted by molar-refractivity contribution is -0.117. The van der Waals surface area contributed by atoms with E-state index in [4.69, 9.17) is 15.2 Å². The zero-order valence-electron chi connectivity index (χ0n) is 17.1. The van der Waals surface area contributed by atoms with Crippen LogP contribution < -0.4 is 25.4 Å². The van der Waals surface area contributed by atoms with Crippen LogP contribution in [0.4, 0.5) is 5.95 Å². The molecule has 2 amide bonds. The number of nitrogens with two attached hydrogens (primary N) is 1. The number of amides is 2. The predicted molar refractivity (Wildman–Crippen MR) is 118 cm³/mol. The number of hydrogen-bond acceptors (Lipinski definition) is 7. The molecule has 9 heteroatoms. The van der Waals surface area contributed by atoms with Crippen LogP contribution in [0.1, 0.15) is 10.4 Å². The average molecular weight is 431 g/mol. The SMILES string of the molecule is C=CC(=O)NC1CN(c2ncc(C(N)=O)c(Oc3ccc(Oc4ccccc4)cc3)n2)C1. The first-order valence-corrected chi connectivity index (χ1v) is 9.87. The predicted octanol–water partition coefficient (Wildman–Crippen LogP) is 2.65. The second kappa shape index (κ2) is 9.17. The van der Waals surface area contributed by atoms with Crippen molar-refractivity contribution in [2.45, 2.75) is 6.04 Å². The molecule has 0 saturated carbocycles. The number of aromatic nitrogens is 2. The van der Waals surface area contributed by atoms with Gasteiger partial charge in [-0.2, -0.15) is 4.98 Å². The average Bonchev–Trinajstić information content (AvgIpc) is 2.77. The Morgan fingerprint density at radius 1 is 1.03 bits per heavy atom. The highest BCUT2D eigenvalue weighted by Gasteiger charge is 2.30. The topological polar surface area (TPSA) is 120 Å². The molecule has 32 heavy (non-hydrogen) atoms. The third kappa shape index (κ3) is 4.84. The number of benzene rings is 2. The summed E-state index contributed by atoms with van der Waals surface area (Å²) in [5.41, 5.74) is 5.52. The summed E-state index contributed by atoms with van der Waals surface area (Å²) in [6.07, 6.45) is 2.56. The molecule has 1 fully saturated rings. The second-order valence-electron chi connectivity index (χ2n) is 7.06. The second-order valence-corrected chi connectivity index (χ2v) is 7.06. The summed E-state index contributed by atoms with van der Waals surface area (Å²) in [6.45, 7) is 4.49. The molecule has 2 aromatic carbocycles. The lowest BCUT2D eigenvalue weighted by atomic mass is 10.1. The summed E-state index contributed by atoms with van der Waals surface area (Å²) in [5.74, 6) is 1.30. The zero-order chi connectivity index (χ0) is 22.5. The number of para-hydroxylation sites is 1. The van der Waals surface area contributed by atoms with Crippen LogP contribution in [0.2, 0.25) is 0 Å². The number of hydrogen-bond donors (Lipinski definition) is 2. The molecular weight excluding hydrogens is 410 g/mol. The van der Waals surface area contributed by atoms with Gasteiger partial charge in [0.25, 0.3) is 5.91 Å². The first-order chi connectivity index (χ1) is 15.5. The quantitative estimate of drug-likeness (QED) is 0.526. The Morgan fingerprint density at radius 2 is 1.66 bits per heavy atom. The molecule has 2 heterocycles. The van der Waals surface area contributed by atoms with Gasteiger partial charge in [-0.05, 0) is 42.5 Å². The molecule has 0 spiro atoms. The smallest absolute Gasteiger partial charge is 0.255 e. The molecule has 1 aromatic heterocycles. The normalized spacial score (nSPS) is 13.1. The molecule has 9 nitrogen and oxygen atoms in total. The fourth-order valence-corrected chi connectivity index (χ4v) is 3.06. The third-order valence-electron chi connectivity index (χ3n) is 4.72. The minimum Gasteiger partial charge on any atom is -0.457 e. The van der Waals surface area contributed by atoms with E-state index in [2.05, 4.69) is 21.9 Å². The van der Waals surface area contributed by atoms with E-state index >= 15 is 0 Å². The number of anilines is 1. The first kappa shape index (κ1) is 20.9. The summed E-state index contributed by atoms with van der Waals surface area (Å²) in [7, 11) is 0. The van der Waals surface area contributed by atoms with Crippen LogP contribution in [-0.2, 0) is 4.79 Å². The Balaban J connectivity index is 1.46. The standard InChI is InChI=1S/C23H21N5O4/c1-2-20(29)26-15-13-28(14-15)23-25-12-19(21(24)30)22(27-23)32-18-10-8-17(9-11-18)31-16-6-4-3-5-7-16/h2-12,15H,1,13-14H2,(H2,24,30)(H,26,29). The number of primary amides is 1. The summed E-state index contributed by atoms with van der Waals surface area (Å²) in [6, 6.07) is 16.3. The highest BCUT2D eigenvalue weighted by atomic mass is 16.5. The Labute approximate surface area is 184 Å². The van der Waals surface area contributed by atoms with Gasteiger partial charge in [-0.1, -0.05) is 24.8 Å². The Kier molecular flexibility index (Phi) is 5.98. The van der Waals surface area contributed by atoms with E-state index in [1.165, 1.54) is 12.3 Å². The van der Waals surface area contributed by atoms with Crippen LogP contribution in [0.15, 0.2) is 73.4 Å². The van der Waals surface area contributed by atoms with Gasteiger partial charge in [0, 0.05) is 19.3 Å². The van der Waals surface area contributed by atoms with E-state index in [1.54, 1.807) is 24.3 Å². The molecule has 0 atom stereocenters. The van der Waals surface area contributed by atoms with Gasteiger partial charge in [0.15, 0.2) is 0 Å². The molecule has 1 aliphatic rings. The van der Waals surface area contributed by atoms with E-state index in [9.17, 15) is 9.59 Å². The minimum atomic E-state index is -0.699. The number of carbonyl (C=O) groups excluding carboxylic acids is 2. The van der Waals surface area contributed by atoms with Gasteiger partial charge >= 0.3 is 0 Å². The maximum Gasteiger partial charge on any atom is 0.255 e. The molecule has 0 bridgehead atoms. The van der Waals surface area contributed by atoms with Gasteiger partial charge in [0.1, 0.15) is 22.8 Å².